The van der Waals surface area contributed by atoms with Gasteiger partial charge in [0.1, 0.15) is 0 Å². The third kappa shape index (κ3) is 1.89. The monoisotopic (exact) mass is 274 g/mol. The van der Waals surface area contributed by atoms with Gasteiger partial charge in [-0.25, -0.2) is 0 Å². The van der Waals surface area contributed by atoms with Gasteiger partial charge in [0, 0.05) is 19.4 Å². The van der Waals surface area contributed by atoms with E-state index in [1.54, 1.807) is 9.80 Å². The molecule has 1 aromatic rings. The normalized spacial score (nSPS) is 28.9. The Balaban J connectivity index is 1.88. The summed E-state index contributed by atoms with van der Waals surface area (Å²) in [6.07, 6.45) is 0. The molecule has 5 heteroatoms. The van der Waals surface area contributed by atoms with Crippen LogP contribution in [0.4, 0.5) is 0 Å². The van der Waals surface area contributed by atoms with E-state index in [0.717, 1.165) is 5.56 Å². The quantitative estimate of drug-likeness (QED) is 0.838. The standard InChI is InChI=1S/C15H18N2O3/c1-10(19)16-7-12-15(11-5-3-2-4-6-11)13(9-18)17(12)14(20)8-16/h2-6,12-13,15,18H,7-9H2,1H3/t12-,13+,15+/m0/s1. The largest absolute Gasteiger partial charge is 0.394 e. The highest BCUT2D eigenvalue weighted by Crippen LogP contribution is 2.42. The van der Waals surface area contributed by atoms with Crippen LogP contribution in [0.15, 0.2) is 30.3 Å². The van der Waals surface area contributed by atoms with Gasteiger partial charge in [-0.3, -0.25) is 9.59 Å². The summed E-state index contributed by atoms with van der Waals surface area (Å²) in [6, 6.07) is 9.72. The maximum absolute atomic E-state index is 12.1. The van der Waals surface area contributed by atoms with Gasteiger partial charge in [-0.2, -0.15) is 0 Å². The minimum absolute atomic E-state index is 0.0142. The molecule has 2 fully saturated rings. The van der Waals surface area contributed by atoms with E-state index in [-0.39, 0.29) is 43.0 Å². The molecule has 1 N–H and O–H groups in total. The zero-order valence-corrected chi connectivity index (χ0v) is 11.4. The van der Waals surface area contributed by atoms with E-state index in [2.05, 4.69) is 0 Å². The molecule has 2 saturated heterocycles. The van der Waals surface area contributed by atoms with Crippen molar-refractivity contribution < 1.29 is 14.7 Å². The molecule has 106 valence electrons. The fourth-order valence-electron chi connectivity index (χ4n) is 3.41. The number of hydrogen-bond donors (Lipinski definition) is 1. The molecule has 0 aromatic heterocycles. The lowest BCUT2D eigenvalue weighted by molar-refractivity contribution is -0.166. The maximum atomic E-state index is 12.1. The van der Waals surface area contributed by atoms with E-state index in [0.29, 0.717) is 6.54 Å². The van der Waals surface area contributed by atoms with Gasteiger partial charge in [0.05, 0.1) is 25.2 Å². The second-order valence-electron chi connectivity index (χ2n) is 5.45. The number of benzene rings is 1. The topological polar surface area (TPSA) is 60.9 Å². The smallest absolute Gasteiger partial charge is 0.242 e. The van der Waals surface area contributed by atoms with Gasteiger partial charge in [-0.05, 0) is 5.56 Å². The first-order valence-electron chi connectivity index (χ1n) is 6.86. The number of fused-ring (bicyclic) bond motifs is 1. The summed E-state index contributed by atoms with van der Waals surface area (Å²) in [5.41, 5.74) is 1.12. The molecule has 0 bridgehead atoms. The fraction of sp³-hybridized carbons (Fsp3) is 0.467. The average molecular weight is 274 g/mol. The molecule has 2 amide bonds. The highest BCUT2D eigenvalue weighted by Gasteiger charge is 2.54. The van der Waals surface area contributed by atoms with Crippen LogP contribution in [0.25, 0.3) is 0 Å². The van der Waals surface area contributed by atoms with Gasteiger partial charge in [-0.1, -0.05) is 30.3 Å². The molecule has 3 atom stereocenters. The molecule has 20 heavy (non-hydrogen) atoms. The van der Waals surface area contributed by atoms with Crippen molar-refractivity contribution in [3.8, 4) is 0 Å². The van der Waals surface area contributed by atoms with Crippen LogP contribution in [0, 0.1) is 0 Å². The lowest BCUT2D eigenvalue weighted by Crippen LogP contribution is -2.73. The Kier molecular flexibility index (Phi) is 3.22. The number of carbonyl (C=O) groups is 2. The Bertz CT molecular complexity index is 531. The van der Waals surface area contributed by atoms with E-state index in [1.165, 1.54) is 6.92 Å². The molecular weight excluding hydrogens is 256 g/mol. The van der Waals surface area contributed by atoms with Crippen molar-refractivity contribution in [1.82, 2.24) is 9.80 Å². The number of piperazine rings is 1. The van der Waals surface area contributed by atoms with Crippen molar-refractivity contribution in [2.75, 3.05) is 19.7 Å². The number of aliphatic hydroxyl groups is 1. The number of carbonyl (C=O) groups excluding carboxylic acids is 2. The number of aliphatic hydroxyl groups excluding tert-OH is 1. The first kappa shape index (κ1) is 13.1. The zero-order chi connectivity index (χ0) is 14.3. The third-order valence-electron chi connectivity index (χ3n) is 4.38. The fourth-order valence-corrected chi connectivity index (χ4v) is 3.41. The molecule has 2 heterocycles. The first-order chi connectivity index (χ1) is 9.63. The van der Waals surface area contributed by atoms with E-state index in [1.807, 2.05) is 30.3 Å². The Morgan fingerprint density at radius 2 is 2.05 bits per heavy atom. The lowest BCUT2D eigenvalue weighted by atomic mass is 9.74. The van der Waals surface area contributed by atoms with Gasteiger partial charge in [0.25, 0.3) is 0 Å². The highest BCUT2D eigenvalue weighted by atomic mass is 16.3. The van der Waals surface area contributed by atoms with E-state index in [4.69, 9.17) is 0 Å². The van der Waals surface area contributed by atoms with Crippen molar-refractivity contribution in [2.24, 2.45) is 0 Å². The highest BCUT2D eigenvalue weighted by molar-refractivity contribution is 5.86. The van der Waals surface area contributed by atoms with Crippen molar-refractivity contribution in [1.29, 1.82) is 0 Å². The van der Waals surface area contributed by atoms with Crippen LogP contribution in [0.5, 0.6) is 0 Å². The molecule has 5 nitrogen and oxygen atoms in total. The summed E-state index contributed by atoms with van der Waals surface area (Å²) in [4.78, 5) is 27.0. The Morgan fingerprint density at radius 1 is 1.35 bits per heavy atom. The minimum atomic E-state index is -0.163. The Morgan fingerprint density at radius 3 is 2.65 bits per heavy atom. The van der Waals surface area contributed by atoms with Crippen molar-refractivity contribution in [2.45, 2.75) is 24.9 Å². The van der Waals surface area contributed by atoms with Gasteiger partial charge in [0.2, 0.25) is 11.8 Å². The van der Waals surface area contributed by atoms with Crippen LogP contribution < -0.4 is 0 Å². The Hall–Kier alpha value is -1.88. The molecule has 0 unspecified atom stereocenters. The van der Waals surface area contributed by atoms with Crippen LogP contribution in [0.3, 0.4) is 0 Å². The van der Waals surface area contributed by atoms with E-state index >= 15 is 0 Å². The number of nitrogens with zero attached hydrogens (tertiary/aromatic N) is 2. The molecule has 0 radical (unpaired) electrons. The number of amides is 2. The van der Waals surface area contributed by atoms with E-state index in [9.17, 15) is 14.7 Å². The summed E-state index contributed by atoms with van der Waals surface area (Å²) in [7, 11) is 0. The summed E-state index contributed by atoms with van der Waals surface area (Å²) in [5.74, 6) is -0.0350. The summed E-state index contributed by atoms with van der Waals surface area (Å²) in [5, 5.41) is 9.58. The van der Waals surface area contributed by atoms with Crippen molar-refractivity contribution in [3.63, 3.8) is 0 Å². The summed E-state index contributed by atoms with van der Waals surface area (Å²) in [6.45, 7) is 2.13. The molecule has 0 spiro atoms. The SMILES string of the molecule is CC(=O)N1CC(=O)N2[C@H](CO)[C@H](c3ccccc3)[C@@H]2C1. The Labute approximate surface area is 117 Å². The molecule has 0 aliphatic carbocycles. The van der Waals surface area contributed by atoms with Crippen molar-refractivity contribution >= 4 is 11.8 Å². The molecule has 2 aliphatic heterocycles. The van der Waals surface area contributed by atoms with Gasteiger partial charge in [0.15, 0.2) is 0 Å². The zero-order valence-electron chi connectivity index (χ0n) is 11.4. The molecule has 2 aliphatic rings. The van der Waals surface area contributed by atoms with Crippen LogP contribution in [-0.4, -0.2) is 58.5 Å². The number of rotatable bonds is 2. The summed E-state index contributed by atoms with van der Waals surface area (Å²) < 4.78 is 0. The molecule has 0 saturated carbocycles. The van der Waals surface area contributed by atoms with Crippen LogP contribution in [0.1, 0.15) is 18.4 Å². The third-order valence-corrected chi connectivity index (χ3v) is 4.38. The first-order valence-corrected chi connectivity index (χ1v) is 6.86. The average Bonchev–Trinajstić information content (AvgIpc) is 2.41. The predicted molar refractivity (Wildman–Crippen MR) is 72.9 cm³/mol. The molecule has 3 rings (SSSR count). The molecular formula is C15H18N2O3. The van der Waals surface area contributed by atoms with Crippen LogP contribution in [-0.2, 0) is 9.59 Å². The van der Waals surface area contributed by atoms with Crippen LogP contribution in [0.2, 0.25) is 0 Å². The predicted octanol–water partition coefficient (Wildman–Crippen LogP) is 0.204. The lowest BCUT2D eigenvalue weighted by Gasteiger charge is -2.58. The second-order valence-corrected chi connectivity index (χ2v) is 5.45. The second kappa shape index (κ2) is 4.90. The maximum Gasteiger partial charge on any atom is 0.242 e. The summed E-state index contributed by atoms with van der Waals surface area (Å²) >= 11 is 0. The van der Waals surface area contributed by atoms with Gasteiger partial charge in [-0.15, -0.1) is 0 Å². The van der Waals surface area contributed by atoms with Crippen LogP contribution >= 0.6 is 0 Å². The molecule has 1 aromatic carbocycles. The van der Waals surface area contributed by atoms with E-state index < -0.39 is 0 Å². The minimum Gasteiger partial charge on any atom is -0.394 e. The van der Waals surface area contributed by atoms with Gasteiger partial charge < -0.3 is 14.9 Å². The van der Waals surface area contributed by atoms with Gasteiger partial charge >= 0.3 is 0 Å². The van der Waals surface area contributed by atoms with Crippen molar-refractivity contribution in [3.05, 3.63) is 35.9 Å². The number of hydrogen-bond acceptors (Lipinski definition) is 3.